The van der Waals surface area contributed by atoms with Gasteiger partial charge in [0.1, 0.15) is 23.9 Å². The fraction of sp³-hybridized carbons (Fsp3) is 0.226. The van der Waals surface area contributed by atoms with E-state index in [2.05, 4.69) is 13.5 Å². The Bertz CT molecular complexity index is 1190. The van der Waals surface area contributed by atoms with E-state index < -0.39 is 11.9 Å². The standard InChI is InChI=1S/C22H17FO4.C9H16O2/c23-18-8-12-20(13-9-18)27-19-10-6-16(7-11-19)14-21(22(24)25)26-15-17-4-2-1-3-5-17;1-3-4-5-6-7-8(2)9(10)11/h1-14H,15H2,(H,24,25);2-7H2,1H3,(H,10,11). The lowest BCUT2D eigenvalue weighted by Gasteiger charge is -2.08. The topological polar surface area (TPSA) is 93.1 Å². The van der Waals surface area contributed by atoms with E-state index in [0.29, 0.717) is 29.1 Å². The predicted octanol–water partition coefficient (Wildman–Crippen LogP) is 7.86. The Kier molecular flexibility index (Phi) is 12.9. The summed E-state index contributed by atoms with van der Waals surface area (Å²) in [6.07, 6.45) is 6.52. The summed E-state index contributed by atoms with van der Waals surface area (Å²) in [7, 11) is 0. The van der Waals surface area contributed by atoms with Gasteiger partial charge in [0.15, 0.2) is 0 Å². The minimum absolute atomic E-state index is 0.147. The fourth-order valence-electron chi connectivity index (χ4n) is 3.19. The molecule has 200 valence electrons. The van der Waals surface area contributed by atoms with Crippen molar-refractivity contribution in [3.8, 4) is 11.5 Å². The zero-order chi connectivity index (χ0) is 27.8. The number of hydrogen-bond donors (Lipinski definition) is 2. The van der Waals surface area contributed by atoms with Crippen molar-refractivity contribution in [2.45, 2.75) is 45.6 Å². The minimum atomic E-state index is -1.14. The summed E-state index contributed by atoms with van der Waals surface area (Å²) < 4.78 is 24.0. The molecule has 0 aliphatic carbocycles. The molecule has 3 rings (SSSR count). The molecule has 0 aliphatic rings. The number of aliphatic carboxylic acids is 2. The number of carboxylic acid groups (broad SMARTS) is 2. The predicted molar refractivity (Wildman–Crippen MR) is 145 cm³/mol. The third kappa shape index (κ3) is 11.6. The molecule has 0 saturated heterocycles. The molecule has 0 fully saturated rings. The highest BCUT2D eigenvalue weighted by Crippen LogP contribution is 2.23. The van der Waals surface area contributed by atoms with Crippen molar-refractivity contribution in [1.29, 1.82) is 0 Å². The second kappa shape index (κ2) is 16.4. The minimum Gasteiger partial charge on any atom is -0.482 e. The van der Waals surface area contributed by atoms with Gasteiger partial charge in [0.25, 0.3) is 0 Å². The van der Waals surface area contributed by atoms with E-state index in [1.165, 1.54) is 43.2 Å². The van der Waals surface area contributed by atoms with Crippen LogP contribution in [0.15, 0.2) is 96.8 Å². The lowest BCUT2D eigenvalue weighted by atomic mass is 10.1. The van der Waals surface area contributed by atoms with Gasteiger partial charge in [-0.3, -0.25) is 0 Å². The van der Waals surface area contributed by atoms with Crippen LogP contribution >= 0.6 is 0 Å². The number of hydrogen-bond acceptors (Lipinski definition) is 4. The van der Waals surface area contributed by atoms with Gasteiger partial charge in [0, 0.05) is 5.57 Å². The molecule has 0 saturated carbocycles. The summed E-state index contributed by atoms with van der Waals surface area (Å²) in [4.78, 5) is 21.7. The molecular weight excluding hydrogens is 487 g/mol. The van der Waals surface area contributed by atoms with E-state index in [-0.39, 0.29) is 18.2 Å². The molecule has 0 unspecified atom stereocenters. The van der Waals surface area contributed by atoms with Crippen molar-refractivity contribution in [2.75, 3.05) is 0 Å². The Morgan fingerprint density at radius 2 is 1.45 bits per heavy atom. The molecule has 38 heavy (non-hydrogen) atoms. The Labute approximate surface area is 222 Å². The third-order valence-corrected chi connectivity index (χ3v) is 5.31. The van der Waals surface area contributed by atoms with E-state index in [1.54, 1.807) is 24.3 Å². The normalized spacial score (nSPS) is 10.6. The van der Waals surface area contributed by atoms with Gasteiger partial charge in [-0.25, -0.2) is 14.0 Å². The molecule has 0 atom stereocenters. The Balaban J connectivity index is 0.000000391. The quantitative estimate of drug-likeness (QED) is 0.135. The van der Waals surface area contributed by atoms with Gasteiger partial charge in [0.05, 0.1) is 0 Å². The average Bonchev–Trinajstić information content (AvgIpc) is 2.92. The highest BCUT2D eigenvalue weighted by molar-refractivity contribution is 5.89. The molecule has 0 aromatic heterocycles. The molecular formula is C31H33FO6. The first kappa shape index (κ1) is 29.8. The van der Waals surface area contributed by atoms with Crippen molar-refractivity contribution >= 4 is 18.0 Å². The highest BCUT2D eigenvalue weighted by Gasteiger charge is 2.09. The van der Waals surface area contributed by atoms with Crippen LogP contribution in [0.3, 0.4) is 0 Å². The van der Waals surface area contributed by atoms with Gasteiger partial charge in [-0.2, -0.15) is 0 Å². The maximum Gasteiger partial charge on any atom is 0.371 e. The Hall–Kier alpha value is -4.39. The summed E-state index contributed by atoms with van der Waals surface area (Å²) in [6, 6.07) is 21.9. The first-order valence-corrected chi connectivity index (χ1v) is 12.3. The second-order valence-electron chi connectivity index (χ2n) is 8.43. The zero-order valence-corrected chi connectivity index (χ0v) is 21.4. The molecule has 3 aromatic rings. The van der Waals surface area contributed by atoms with Crippen LogP contribution in [-0.2, 0) is 20.9 Å². The Morgan fingerprint density at radius 3 is 2.00 bits per heavy atom. The molecule has 0 amide bonds. The first-order chi connectivity index (χ1) is 18.3. The van der Waals surface area contributed by atoms with E-state index in [1.807, 2.05) is 30.3 Å². The van der Waals surface area contributed by atoms with Crippen LogP contribution in [-0.4, -0.2) is 22.2 Å². The lowest BCUT2D eigenvalue weighted by molar-refractivity contribution is -0.136. The summed E-state index contributed by atoms with van der Waals surface area (Å²) in [6.45, 7) is 5.75. The van der Waals surface area contributed by atoms with Crippen LogP contribution in [0.2, 0.25) is 0 Å². The number of carboxylic acids is 2. The number of halogens is 1. The third-order valence-electron chi connectivity index (χ3n) is 5.31. The number of unbranched alkanes of at least 4 members (excludes halogenated alkanes) is 3. The molecule has 0 bridgehead atoms. The molecule has 0 heterocycles. The maximum atomic E-state index is 12.9. The van der Waals surface area contributed by atoms with Gasteiger partial charge >= 0.3 is 11.9 Å². The van der Waals surface area contributed by atoms with Crippen LogP contribution < -0.4 is 4.74 Å². The highest BCUT2D eigenvalue weighted by atomic mass is 19.1. The molecule has 0 aliphatic heterocycles. The molecule has 3 aromatic carbocycles. The van der Waals surface area contributed by atoms with Gasteiger partial charge in [0.2, 0.25) is 5.76 Å². The van der Waals surface area contributed by atoms with E-state index in [4.69, 9.17) is 14.6 Å². The number of benzene rings is 3. The summed E-state index contributed by atoms with van der Waals surface area (Å²) >= 11 is 0. The van der Waals surface area contributed by atoms with Gasteiger partial charge in [-0.05, 0) is 66.4 Å². The van der Waals surface area contributed by atoms with Crippen molar-refractivity contribution < 1.29 is 33.7 Å². The smallest absolute Gasteiger partial charge is 0.371 e. The number of ether oxygens (including phenoxy) is 2. The van der Waals surface area contributed by atoms with E-state index >= 15 is 0 Å². The summed E-state index contributed by atoms with van der Waals surface area (Å²) in [5.41, 5.74) is 1.88. The lowest BCUT2D eigenvalue weighted by Crippen LogP contribution is -2.05. The van der Waals surface area contributed by atoms with E-state index in [9.17, 15) is 19.1 Å². The van der Waals surface area contributed by atoms with Crippen LogP contribution in [0, 0.1) is 5.82 Å². The van der Waals surface area contributed by atoms with Crippen LogP contribution in [0.5, 0.6) is 11.5 Å². The van der Waals surface area contributed by atoms with Gasteiger partial charge in [-0.1, -0.05) is 75.2 Å². The van der Waals surface area contributed by atoms with Crippen molar-refractivity contribution in [3.63, 3.8) is 0 Å². The summed E-state index contributed by atoms with van der Waals surface area (Å²) in [5, 5.41) is 17.8. The van der Waals surface area contributed by atoms with E-state index in [0.717, 1.165) is 18.4 Å². The number of rotatable bonds is 13. The van der Waals surface area contributed by atoms with Crippen LogP contribution in [0.25, 0.3) is 6.08 Å². The second-order valence-corrected chi connectivity index (χ2v) is 8.43. The monoisotopic (exact) mass is 520 g/mol. The largest absolute Gasteiger partial charge is 0.482 e. The van der Waals surface area contributed by atoms with Gasteiger partial charge < -0.3 is 19.7 Å². The molecule has 0 radical (unpaired) electrons. The molecule has 2 N–H and O–H groups in total. The Morgan fingerprint density at radius 1 is 0.842 bits per heavy atom. The van der Waals surface area contributed by atoms with Crippen LogP contribution in [0.4, 0.5) is 4.39 Å². The average molecular weight is 521 g/mol. The maximum absolute atomic E-state index is 12.9. The zero-order valence-electron chi connectivity index (χ0n) is 21.4. The molecule has 0 spiro atoms. The molecule has 7 heteroatoms. The van der Waals surface area contributed by atoms with Crippen molar-refractivity contribution in [2.24, 2.45) is 0 Å². The van der Waals surface area contributed by atoms with Crippen LogP contribution in [0.1, 0.15) is 50.2 Å². The SMILES string of the molecule is C=C(CCCCCC)C(=O)O.O=C(O)C(=Cc1ccc(Oc2ccc(F)cc2)cc1)OCc1ccccc1. The summed E-state index contributed by atoms with van der Waals surface area (Å²) in [5.74, 6) is -1.41. The fourth-order valence-corrected chi connectivity index (χ4v) is 3.19. The van der Waals surface area contributed by atoms with Gasteiger partial charge in [-0.15, -0.1) is 0 Å². The first-order valence-electron chi connectivity index (χ1n) is 12.3. The number of carbonyl (C=O) groups is 2. The molecule has 6 nitrogen and oxygen atoms in total. The van der Waals surface area contributed by atoms with Crippen molar-refractivity contribution in [3.05, 3.63) is 114 Å². The van der Waals surface area contributed by atoms with Crippen molar-refractivity contribution in [1.82, 2.24) is 0 Å².